The van der Waals surface area contributed by atoms with Crippen LogP contribution in [0.1, 0.15) is 32.6 Å². The number of carbonyl (C=O) groups is 1. The molecule has 0 heterocycles. The zero-order chi connectivity index (χ0) is 15.3. The van der Waals surface area contributed by atoms with Gasteiger partial charge in [0.2, 0.25) is 15.9 Å². The highest BCUT2D eigenvalue weighted by molar-refractivity contribution is 7.89. The first kappa shape index (κ1) is 16.0. The molecule has 1 amide bonds. The Balaban J connectivity index is 2.03. The highest BCUT2D eigenvalue weighted by Gasteiger charge is 2.26. The Hall–Kier alpha value is -1.40. The minimum Gasteiger partial charge on any atom is -0.352 e. The third kappa shape index (κ3) is 4.04. The fourth-order valence-corrected chi connectivity index (χ4v) is 4.04. The fraction of sp³-hybridized carbons (Fsp3) is 0.533. The molecule has 0 bridgehead atoms. The van der Waals surface area contributed by atoms with Crippen LogP contribution in [-0.4, -0.2) is 37.8 Å². The second kappa shape index (κ2) is 7.04. The molecule has 0 unspecified atom stereocenters. The lowest BCUT2D eigenvalue weighted by Crippen LogP contribution is -2.43. The number of rotatable bonds is 6. The molecule has 1 aliphatic carbocycles. The van der Waals surface area contributed by atoms with Crippen LogP contribution in [0.2, 0.25) is 0 Å². The summed E-state index contributed by atoms with van der Waals surface area (Å²) < 4.78 is 26.2. The number of benzene rings is 1. The van der Waals surface area contributed by atoms with Crippen molar-refractivity contribution in [3.05, 3.63) is 30.3 Å². The van der Waals surface area contributed by atoms with Gasteiger partial charge >= 0.3 is 0 Å². The molecule has 0 aromatic heterocycles. The number of hydrogen-bond acceptors (Lipinski definition) is 3. The van der Waals surface area contributed by atoms with Gasteiger partial charge in [-0.2, -0.15) is 4.31 Å². The van der Waals surface area contributed by atoms with Crippen LogP contribution in [0.15, 0.2) is 35.2 Å². The van der Waals surface area contributed by atoms with Crippen molar-refractivity contribution in [1.82, 2.24) is 9.62 Å². The first-order valence-electron chi connectivity index (χ1n) is 7.38. The molecule has 1 aliphatic rings. The minimum absolute atomic E-state index is 0.121. The Morgan fingerprint density at radius 3 is 2.43 bits per heavy atom. The Bertz CT molecular complexity index is 566. The molecule has 2 rings (SSSR count). The number of nitrogens with one attached hydrogen (secondary N) is 1. The molecule has 21 heavy (non-hydrogen) atoms. The number of nitrogens with zero attached hydrogens (tertiary/aromatic N) is 1. The summed E-state index contributed by atoms with van der Waals surface area (Å²) >= 11 is 0. The van der Waals surface area contributed by atoms with E-state index in [-0.39, 0.29) is 29.9 Å². The van der Waals surface area contributed by atoms with Gasteiger partial charge in [-0.15, -0.1) is 0 Å². The van der Waals surface area contributed by atoms with Gasteiger partial charge in [-0.3, -0.25) is 4.79 Å². The Labute approximate surface area is 126 Å². The first-order valence-corrected chi connectivity index (χ1v) is 8.82. The molecule has 0 aliphatic heterocycles. The van der Waals surface area contributed by atoms with E-state index in [1.54, 1.807) is 37.3 Å². The summed E-state index contributed by atoms with van der Waals surface area (Å²) in [5.74, 6) is -0.219. The second-order valence-corrected chi connectivity index (χ2v) is 7.23. The molecule has 1 aromatic rings. The van der Waals surface area contributed by atoms with Gasteiger partial charge in [0.05, 0.1) is 11.4 Å². The maximum absolute atomic E-state index is 12.5. The van der Waals surface area contributed by atoms with Gasteiger partial charge in [0, 0.05) is 12.6 Å². The van der Waals surface area contributed by atoms with E-state index in [4.69, 9.17) is 0 Å². The van der Waals surface area contributed by atoms with Crippen LogP contribution in [0, 0.1) is 0 Å². The molecular formula is C15H22N2O3S. The first-order chi connectivity index (χ1) is 10.0. The maximum Gasteiger partial charge on any atom is 0.243 e. The smallest absolute Gasteiger partial charge is 0.243 e. The molecular weight excluding hydrogens is 288 g/mol. The highest BCUT2D eigenvalue weighted by Crippen LogP contribution is 2.18. The van der Waals surface area contributed by atoms with Crippen LogP contribution < -0.4 is 5.32 Å². The number of carbonyl (C=O) groups excluding carboxylic acids is 1. The summed E-state index contributed by atoms with van der Waals surface area (Å²) in [6.45, 7) is 1.89. The summed E-state index contributed by atoms with van der Waals surface area (Å²) in [6.07, 6.45) is 4.24. The lowest BCUT2D eigenvalue weighted by molar-refractivity contribution is -0.121. The molecule has 0 saturated heterocycles. The van der Waals surface area contributed by atoms with E-state index >= 15 is 0 Å². The van der Waals surface area contributed by atoms with E-state index in [0.29, 0.717) is 0 Å². The van der Waals surface area contributed by atoms with Crippen molar-refractivity contribution in [3.63, 3.8) is 0 Å². The van der Waals surface area contributed by atoms with Gasteiger partial charge in [-0.05, 0) is 25.0 Å². The average Bonchev–Trinajstić information content (AvgIpc) is 2.98. The Morgan fingerprint density at radius 1 is 1.24 bits per heavy atom. The van der Waals surface area contributed by atoms with Crippen LogP contribution in [0.25, 0.3) is 0 Å². The molecule has 0 spiro atoms. The lowest BCUT2D eigenvalue weighted by Gasteiger charge is -2.21. The van der Waals surface area contributed by atoms with Crippen molar-refractivity contribution >= 4 is 15.9 Å². The lowest BCUT2D eigenvalue weighted by atomic mass is 10.2. The summed E-state index contributed by atoms with van der Waals surface area (Å²) in [5.41, 5.74) is 0. The van der Waals surface area contributed by atoms with E-state index in [2.05, 4.69) is 5.32 Å². The van der Waals surface area contributed by atoms with E-state index in [1.165, 1.54) is 4.31 Å². The van der Waals surface area contributed by atoms with E-state index < -0.39 is 10.0 Å². The van der Waals surface area contributed by atoms with Gasteiger partial charge in [0.1, 0.15) is 0 Å². The molecule has 116 valence electrons. The quantitative estimate of drug-likeness (QED) is 0.870. The highest BCUT2D eigenvalue weighted by atomic mass is 32.2. The normalized spacial score (nSPS) is 16.3. The van der Waals surface area contributed by atoms with E-state index in [1.807, 2.05) is 0 Å². The van der Waals surface area contributed by atoms with Crippen LogP contribution in [0.3, 0.4) is 0 Å². The van der Waals surface area contributed by atoms with Gasteiger partial charge in [0.25, 0.3) is 0 Å². The molecule has 0 radical (unpaired) electrons. The number of amides is 1. The minimum atomic E-state index is -3.61. The predicted molar refractivity (Wildman–Crippen MR) is 81.3 cm³/mol. The number of hydrogen-bond donors (Lipinski definition) is 1. The summed E-state index contributed by atoms with van der Waals surface area (Å²) in [7, 11) is -3.61. The van der Waals surface area contributed by atoms with Crippen molar-refractivity contribution in [2.75, 3.05) is 13.1 Å². The van der Waals surface area contributed by atoms with Crippen LogP contribution in [0.5, 0.6) is 0 Å². The second-order valence-electron chi connectivity index (χ2n) is 5.29. The van der Waals surface area contributed by atoms with Gasteiger partial charge in [-0.1, -0.05) is 38.0 Å². The van der Waals surface area contributed by atoms with Crippen molar-refractivity contribution in [2.45, 2.75) is 43.5 Å². The predicted octanol–water partition coefficient (Wildman–Crippen LogP) is 1.76. The van der Waals surface area contributed by atoms with Crippen molar-refractivity contribution in [2.24, 2.45) is 0 Å². The summed E-state index contributed by atoms with van der Waals surface area (Å²) in [4.78, 5) is 12.3. The van der Waals surface area contributed by atoms with Crippen LogP contribution in [-0.2, 0) is 14.8 Å². The Kier molecular flexibility index (Phi) is 5.36. The third-order valence-corrected chi connectivity index (χ3v) is 5.71. The average molecular weight is 310 g/mol. The number of sulfonamides is 1. The monoisotopic (exact) mass is 310 g/mol. The molecule has 5 nitrogen and oxygen atoms in total. The molecule has 1 N–H and O–H groups in total. The van der Waals surface area contributed by atoms with Crippen molar-refractivity contribution in [3.8, 4) is 0 Å². The molecule has 0 atom stereocenters. The van der Waals surface area contributed by atoms with Gasteiger partial charge in [-0.25, -0.2) is 8.42 Å². The molecule has 1 saturated carbocycles. The SMILES string of the molecule is CCN(CC(=O)NC1CCCC1)S(=O)(=O)c1ccccc1. The van der Waals surface area contributed by atoms with Crippen molar-refractivity contribution < 1.29 is 13.2 Å². The summed E-state index contributed by atoms with van der Waals surface area (Å²) in [6, 6.07) is 8.43. The zero-order valence-corrected chi connectivity index (χ0v) is 13.1. The maximum atomic E-state index is 12.5. The Morgan fingerprint density at radius 2 is 1.86 bits per heavy atom. The van der Waals surface area contributed by atoms with Gasteiger partial charge in [0.15, 0.2) is 0 Å². The largest absolute Gasteiger partial charge is 0.352 e. The molecule has 1 fully saturated rings. The molecule has 1 aromatic carbocycles. The topological polar surface area (TPSA) is 66.5 Å². The molecule has 6 heteroatoms. The third-order valence-electron chi connectivity index (χ3n) is 3.77. The van der Waals surface area contributed by atoms with E-state index in [0.717, 1.165) is 25.7 Å². The zero-order valence-electron chi connectivity index (χ0n) is 12.3. The standard InChI is InChI=1S/C15H22N2O3S/c1-2-17(12-15(18)16-13-8-6-7-9-13)21(19,20)14-10-4-3-5-11-14/h3-5,10-11,13H,2,6-9,12H2,1H3,(H,16,18). The van der Waals surface area contributed by atoms with Crippen molar-refractivity contribution in [1.29, 1.82) is 0 Å². The number of likely N-dealkylation sites (N-methyl/N-ethyl adjacent to an activating group) is 1. The van der Waals surface area contributed by atoms with Crippen LogP contribution >= 0.6 is 0 Å². The van der Waals surface area contributed by atoms with Gasteiger partial charge < -0.3 is 5.32 Å². The van der Waals surface area contributed by atoms with E-state index in [9.17, 15) is 13.2 Å². The summed E-state index contributed by atoms with van der Waals surface area (Å²) in [5, 5.41) is 2.92. The van der Waals surface area contributed by atoms with Crippen LogP contribution in [0.4, 0.5) is 0 Å². The fourth-order valence-electron chi connectivity index (χ4n) is 2.61.